The lowest BCUT2D eigenvalue weighted by Gasteiger charge is -2.05. The van der Waals surface area contributed by atoms with E-state index in [0.717, 1.165) is 25.2 Å². The van der Waals surface area contributed by atoms with Gasteiger partial charge in [-0.1, -0.05) is 12.1 Å². The van der Waals surface area contributed by atoms with Crippen molar-refractivity contribution in [2.75, 3.05) is 26.2 Å². The molecule has 0 atom stereocenters. The zero-order valence-corrected chi connectivity index (χ0v) is 13.4. The summed E-state index contributed by atoms with van der Waals surface area (Å²) < 4.78 is 0. The van der Waals surface area contributed by atoms with Gasteiger partial charge in [0.15, 0.2) is 0 Å². The summed E-state index contributed by atoms with van der Waals surface area (Å²) in [7, 11) is 0. The number of nitrogens with two attached hydrogens (primary N) is 1. The van der Waals surface area contributed by atoms with E-state index in [1.165, 1.54) is 12.1 Å². The van der Waals surface area contributed by atoms with E-state index < -0.39 is 4.92 Å². The van der Waals surface area contributed by atoms with Gasteiger partial charge >= 0.3 is 0 Å². The number of nitrogens with zero attached hydrogens (tertiary/aromatic N) is 1. The van der Waals surface area contributed by atoms with E-state index in [4.69, 9.17) is 5.73 Å². The molecule has 0 amide bonds. The summed E-state index contributed by atoms with van der Waals surface area (Å²) in [4.78, 5) is 10.0. The summed E-state index contributed by atoms with van der Waals surface area (Å²) >= 11 is 0. The number of hydrogen-bond donors (Lipinski definition) is 3. The first-order valence-corrected chi connectivity index (χ1v) is 5.59. The number of non-ortho nitro benzene ring substituents is 1. The van der Waals surface area contributed by atoms with E-state index >= 15 is 0 Å². The Balaban J connectivity index is -0.000000963. The monoisotopic (exact) mass is 346 g/mol. The number of nitro benzene ring substituents is 1. The van der Waals surface area contributed by atoms with Gasteiger partial charge in [0.2, 0.25) is 0 Å². The Labute approximate surface area is 137 Å². The van der Waals surface area contributed by atoms with E-state index in [9.17, 15) is 10.1 Å². The van der Waals surface area contributed by atoms with Crippen molar-refractivity contribution in [3.8, 4) is 0 Å². The van der Waals surface area contributed by atoms with Gasteiger partial charge in [0.25, 0.3) is 5.69 Å². The quantitative estimate of drug-likeness (QED) is 0.376. The summed E-state index contributed by atoms with van der Waals surface area (Å²) in [6.07, 6.45) is 0. The number of halogens is 3. The summed E-state index contributed by atoms with van der Waals surface area (Å²) in [6.45, 7) is 3.88. The average Bonchev–Trinajstić information content (AvgIpc) is 2.34. The van der Waals surface area contributed by atoms with Crippen molar-refractivity contribution in [2.45, 2.75) is 6.54 Å². The molecule has 0 spiro atoms. The number of hydrogen-bond acceptors (Lipinski definition) is 5. The van der Waals surface area contributed by atoms with Gasteiger partial charge in [-0.3, -0.25) is 10.1 Å². The second kappa shape index (κ2) is 14.8. The summed E-state index contributed by atoms with van der Waals surface area (Å²) in [6, 6.07) is 6.56. The molecule has 0 radical (unpaired) electrons. The normalized spacial score (nSPS) is 8.85. The van der Waals surface area contributed by atoms with Crippen molar-refractivity contribution in [3.63, 3.8) is 0 Å². The van der Waals surface area contributed by atoms with Crippen LogP contribution >= 0.6 is 37.2 Å². The van der Waals surface area contributed by atoms with E-state index in [1.807, 2.05) is 0 Å². The third-order valence-electron chi connectivity index (χ3n) is 2.28. The van der Waals surface area contributed by atoms with Gasteiger partial charge in [0.1, 0.15) is 0 Å². The zero-order valence-electron chi connectivity index (χ0n) is 10.9. The third-order valence-corrected chi connectivity index (χ3v) is 2.28. The fourth-order valence-electron chi connectivity index (χ4n) is 1.37. The van der Waals surface area contributed by atoms with Crippen LogP contribution in [0, 0.1) is 10.1 Å². The Bertz CT molecular complexity index is 352. The summed E-state index contributed by atoms with van der Waals surface area (Å²) in [5.74, 6) is 0. The maximum atomic E-state index is 10.4. The van der Waals surface area contributed by atoms with Crippen molar-refractivity contribution in [1.82, 2.24) is 10.6 Å². The molecule has 4 N–H and O–H groups in total. The van der Waals surface area contributed by atoms with Crippen LogP contribution in [0.25, 0.3) is 0 Å². The molecule has 0 aliphatic heterocycles. The van der Waals surface area contributed by atoms with Crippen LogP contribution in [0.1, 0.15) is 5.56 Å². The number of benzene rings is 1. The highest BCUT2D eigenvalue weighted by Crippen LogP contribution is 2.11. The molecule has 1 rings (SSSR count). The van der Waals surface area contributed by atoms with Crippen molar-refractivity contribution in [2.24, 2.45) is 5.73 Å². The molecule has 0 saturated heterocycles. The van der Waals surface area contributed by atoms with Gasteiger partial charge in [-0.25, -0.2) is 0 Å². The molecule has 0 aliphatic carbocycles. The molecular formula is C11H21Cl3N4O2. The SMILES string of the molecule is Cl.Cl.Cl.NCCNCCNCc1ccc([N+](=O)[O-])cc1. The van der Waals surface area contributed by atoms with Crippen LogP contribution in [-0.4, -0.2) is 31.1 Å². The van der Waals surface area contributed by atoms with Crippen molar-refractivity contribution >= 4 is 42.9 Å². The van der Waals surface area contributed by atoms with Crippen LogP contribution < -0.4 is 16.4 Å². The fourth-order valence-corrected chi connectivity index (χ4v) is 1.37. The molecule has 118 valence electrons. The highest BCUT2D eigenvalue weighted by molar-refractivity contribution is 5.86. The highest BCUT2D eigenvalue weighted by atomic mass is 35.5. The van der Waals surface area contributed by atoms with Crippen LogP contribution in [-0.2, 0) is 6.54 Å². The maximum Gasteiger partial charge on any atom is 0.269 e. The predicted octanol–water partition coefficient (Wildman–Crippen LogP) is 1.50. The second-order valence-corrected chi connectivity index (χ2v) is 3.64. The fraction of sp³-hybridized carbons (Fsp3) is 0.455. The van der Waals surface area contributed by atoms with Crippen LogP contribution in [0.15, 0.2) is 24.3 Å². The van der Waals surface area contributed by atoms with Gasteiger partial charge < -0.3 is 16.4 Å². The first-order chi connectivity index (χ1) is 8.24. The van der Waals surface area contributed by atoms with Crippen LogP contribution in [0.4, 0.5) is 5.69 Å². The molecule has 0 unspecified atom stereocenters. The first kappa shape index (κ1) is 24.4. The standard InChI is InChI=1S/C11H18N4O2.3ClH/c12-5-6-13-7-8-14-9-10-1-3-11(4-2-10)15(16)17;;;/h1-4,13-14H,5-9,12H2;3*1H. The minimum absolute atomic E-state index is 0. The minimum atomic E-state index is -0.395. The highest BCUT2D eigenvalue weighted by Gasteiger charge is 2.03. The molecule has 1 aromatic carbocycles. The van der Waals surface area contributed by atoms with Crippen molar-refractivity contribution in [1.29, 1.82) is 0 Å². The van der Waals surface area contributed by atoms with Crippen LogP contribution in [0.2, 0.25) is 0 Å². The first-order valence-electron chi connectivity index (χ1n) is 5.59. The molecule has 9 heteroatoms. The van der Waals surface area contributed by atoms with Crippen molar-refractivity contribution in [3.05, 3.63) is 39.9 Å². The molecule has 6 nitrogen and oxygen atoms in total. The van der Waals surface area contributed by atoms with Gasteiger partial charge in [-0.2, -0.15) is 0 Å². The summed E-state index contributed by atoms with van der Waals surface area (Å²) in [5.41, 5.74) is 6.49. The molecule has 20 heavy (non-hydrogen) atoms. The Morgan fingerprint density at radius 3 is 2.05 bits per heavy atom. The molecular weight excluding hydrogens is 327 g/mol. The molecule has 0 fully saturated rings. The number of nitro groups is 1. The lowest BCUT2D eigenvalue weighted by atomic mass is 10.2. The van der Waals surface area contributed by atoms with Gasteiger partial charge in [-0.15, -0.1) is 37.2 Å². The van der Waals surface area contributed by atoms with Crippen LogP contribution in [0.5, 0.6) is 0 Å². The van der Waals surface area contributed by atoms with Gasteiger partial charge in [0.05, 0.1) is 4.92 Å². The second-order valence-electron chi connectivity index (χ2n) is 3.64. The maximum absolute atomic E-state index is 10.4. The van der Waals surface area contributed by atoms with E-state index in [1.54, 1.807) is 12.1 Å². The third kappa shape index (κ3) is 10.2. The molecule has 0 aliphatic rings. The largest absolute Gasteiger partial charge is 0.329 e. The predicted molar refractivity (Wildman–Crippen MR) is 88.5 cm³/mol. The molecule has 1 aromatic rings. The van der Waals surface area contributed by atoms with E-state index in [-0.39, 0.29) is 42.9 Å². The van der Waals surface area contributed by atoms with E-state index in [0.29, 0.717) is 13.1 Å². The zero-order chi connectivity index (χ0) is 12.5. The lowest BCUT2D eigenvalue weighted by molar-refractivity contribution is -0.384. The topological polar surface area (TPSA) is 93.2 Å². The van der Waals surface area contributed by atoms with Crippen LogP contribution in [0.3, 0.4) is 0 Å². The van der Waals surface area contributed by atoms with E-state index in [2.05, 4.69) is 10.6 Å². The number of rotatable bonds is 8. The van der Waals surface area contributed by atoms with Crippen molar-refractivity contribution < 1.29 is 4.92 Å². The Morgan fingerprint density at radius 1 is 1.00 bits per heavy atom. The smallest absolute Gasteiger partial charge is 0.269 e. The Kier molecular flexibility index (Phi) is 18.0. The van der Waals surface area contributed by atoms with Gasteiger partial charge in [0, 0.05) is 44.9 Å². The van der Waals surface area contributed by atoms with Gasteiger partial charge in [-0.05, 0) is 5.56 Å². The lowest BCUT2D eigenvalue weighted by Crippen LogP contribution is -2.30. The summed E-state index contributed by atoms with van der Waals surface area (Å²) in [5, 5.41) is 16.8. The molecule has 0 saturated carbocycles. The Hall–Kier alpha value is -0.630. The molecule has 0 heterocycles. The number of nitrogens with one attached hydrogen (secondary N) is 2. The average molecular weight is 348 g/mol. The Morgan fingerprint density at radius 2 is 1.55 bits per heavy atom. The minimum Gasteiger partial charge on any atom is -0.329 e. The molecule has 0 aromatic heterocycles. The molecule has 0 bridgehead atoms.